The Morgan fingerprint density at radius 3 is 1.93 bits per heavy atom. The predicted molar refractivity (Wildman–Crippen MR) is 124 cm³/mol. The van der Waals surface area contributed by atoms with Crippen molar-refractivity contribution in [2.75, 3.05) is 33.3 Å². The molecule has 0 N–H and O–H groups in total. The molecule has 0 bridgehead atoms. The summed E-state index contributed by atoms with van der Waals surface area (Å²) >= 11 is 0. The van der Waals surface area contributed by atoms with Crippen LogP contribution in [-0.4, -0.2) is 43.1 Å². The number of hydrogen-bond acceptors (Lipinski definition) is 3. The topological polar surface area (TPSA) is 15.7 Å². The maximum atomic E-state index is 5.37. The van der Waals surface area contributed by atoms with E-state index in [0.29, 0.717) is 6.04 Å². The van der Waals surface area contributed by atoms with E-state index >= 15 is 0 Å². The van der Waals surface area contributed by atoms with E-state index in [4.69, 9.17) is 4.74 Å². The SMILES string of the molecule is COc1ccc(C(CCc2ccccc2)N2CCN(Cc3ccccc3)CC2)cc1. The molecule has 1 aliphatic heterocycles. The first-order chi connectivity index (χ1) is 14.8. The molecular formula is C27H32N2O. The van der Waals surface area contributed by atoms with Crippen LogP contribution < -0.4 is 4.74 Å². The van der Waals surface area contributed by atoms with Crippen LogP contribution in [0.4, 0.5) is 0 Å². The van der Waals surface area contributed by atoms with Crippen molar-refractivity contribution in [3.8, 4) is 5.75 Å². The van der Waals surface area contributed by atoms with E-state index in [1.807, 2.05) is 0 Å². The average Bonchev–Trinajstić information content (AvgIpc) is 2.82. The van der Waals surface area contributed by atoms with Crippen molar-refractivity contribution < 1.29 is 4.74 Å². The summed E-state index contributed by atoms with van der Waals surface area (Å²) in [5, 5.41) is 0. The molecule has 0 aliphatic carbocycles. The molecule has 3 aromatic carbocycles. The highest BCUT2D eigenvalue weighted by molar-refractivity contribution is 5.29. The van der Waals surface area contributed by atoms with Gasteiger partial charge in [-0.2, -0.15) is 0 Å². The minimum Gasteiger partial charge on any atom is -0.497 e. The Morgan fingerprint density at radius 1 is 0.733 bits per heavy atom. The molecule has 0 spiro atoms. The quantitative estimate of drug-likeness (QED) is 0.518. The Labute approximate surface area is 180 Å². The third kappa shape index (κ3) is 5.50. The van der Waals surface area contributed by atoms with Crippen molar-refractivity contribution in [3.63, 3.8) is 0 Å². The van der Waals surface area contributed by atoms with Crippen LogP contribution in [0.5, 0.6) is 5.75 Å². The fraction of sp³-hybridized carbons (Fsp3) is 0.333. The molecule has 3 aromatic rings. The summed E-state index contributed by atoms with van der Waals surface area (Å²) in [5.41, 5.74) is 4.21. The van der Waals surface area contributed by atoms with Crippen molar-refractivity contribution in [3.05, 3.63) is 102 Å². The van der Waals surface area contributed by atoms with Gasteiger partial charge in [0.2, 0.25) is 0 Å². The van der Waals surface area contributed by atoms with Crippen molar-refractivity contribution in [1.29, 1.82) is 0 Å². The Hall–Kier alpha value is -2.62. The molecule has 3 heteroatoms. The first kappa shape index (κ1) is 20.6. The van der Waals surface area contributed by atoms with Gasteiger partial charge in [-0.25, -0.2) is 0 Å². The number of aryl methyl sites for hydroxylation is 1. The molecule has 1 aliphatic rings. The van der Waals surface area contributed by atoms with Gasteiger partial charge in [-0.05, 0) is 41.7 Å². The van der Waals surface area contributed by atoms with Gasteiger partial charge in [0.25, 0.3) is 0 Å². The van der Waals surface area contributed by atoms with Gasteiger partial charge in [-0.3, -0.25) is 9.80 Å². The molecule has 1 atom stereocenters. The van der Waals surface area contributed by atoms with Gasteiger partial charge in [-0.15, -0.1) is 0 Å². The highest BCUT2D eigenvalue weighted by Gasteiger charge is 2.25. The van der Waals surface area contributed by atoms with Crippen LogP contribution in [0.15, 0.2) is 84.9 Å². The van der Waals surface area contributed by atoms with Crippen LogP contribution in [-0.2, 0) is 13.0 Å². The standard InChI is InChI=1S/C27H32N2O/c1-30-26-15-13-25(14-16-26)27(17-12-23-8-4-2-5-9-23)29-20-18-28(19-21-29)22-24-10-6-3-7-11-24/h2-11,13-16,27H,12,17-22H2,1H3. The van der Waals surface area contributed by atoms with E-state index in [9.17, 15) is 0 Å². The number of benzene rings is 3. The first-order valence-corrected chi connectivity index (χ1v) is 11.0. The summed E-state index contributed by atoms with van der Waals surface area (Å²) in [6.45, 7) is 5.50. The minimum atomic E-state index is 0.440. The van der Waals surface area contributed by atoms with Gasteiger partial charge in [0.05, 0.1) is 7.11 Å². The van der Waals surface area contributed by atoms with Crippen LogP contribution >= 0.6 is 0 Å². The fourth-order valence-electron chi connectivity index (χ4n) is 4.41. The normalized spacial score (nSPS) is 16.3. The zero-order chi connectivity index (χ0) is 20.6. The lowest BCUT2D eigenvalue weighted by Crippen LogP contribution is -2.47. The van der Waals surface area contributed by atoms with Gasteiger partial charge in [0.15, 0.2) is 0 Å². The second-order valence-electron chi connectivity index (χ2n) is 8.11. The van der Waals surface area contributed by atoms with Gasteiger partial charge >= 0.3 is 0 Å². The van der Waals surface area contributed by atoms with E-state index in [1.165, 1.54) is 16.7 Å². The summed E-state index contributed by atoms with van der Waals surface area (Å²) in [6, 6.07) is 30.8. The lowest BCUT2D eigenvalue weighted by molar-refractivity contribution is 0.0878. The number of rotatable bonds is 8. The molecule has 1 unspecified atom stereocenters. The first-order valence-electron chi connectivity index (χ1n) is 11.0. The molecule has 1 heterocycles. The molecule has 156 valence electrons. The molecule has 0 aromatic heterocycles. The number of piperazine rings is 1. The molecular weight excluding hydrogens is 368 g/mol. The third-order valence-corrected chi connectivity index (χ3v) is 6.15. The summed E-state index contributed by atoms with van der Waals surface area (Å²) < 4.78 is 5.37. The van der Waals surface area contributed by atoms with Crippen LogP contribution in [0.2, 0.25) is 0 Å². The highest BCUT2D eigenvalue weighted by atomic mass is 16.5. The largest absolute Gasteiger partial charge is 0.497 e. The molecule has 1 fully saturated rings. The Morgan fingerprint density at radius 2 is 1.33 bits per heavy atom. The summed E-state index contributed by atoms with van der Waals surface area (Å²) in [6.07, 6.45) is 2.23. The molecule has 0 amide bonds. The summed E-state index contributed by atoms with van der Waals surface area (Å²) in [5.74, 6) is 0.924. The van der Waals surface area contributed by atoms with E-state index in [1.54, 1.807) is 7.11 Å². The second-order valence-corrected chi connectivity index (χ2v) is 8.11. The zero-order valence-corrected chi connectivity index (χ0v) is 17.9. The minimum absolute atomic E-state index is 0.440. The number of nitrogens with zero attached hydrogens (tertiary/aromatic N) is 2. The maximum absolute atomic E-state index is 5.37. The lowest BCUT2D eigenvalue weighted by atomic mass is 9.96. The smallest absolute Gasteiger partial charge is 0.118 e. The van der Waals surface area contributed by atoms with Crippen LogP contribution in [0.1, 0.15) is 29.2 Å². The average molecular weight is 401 g/mol. The van der Waals surface area contributed by atoms with Gasteiger partial charge in [0, 0.05) is 38.8 Å². The number of hydrogen-bond donors (Lipinski definition) is 0. The summed E-state index contributed by atoms with van der Waals surface area (Å²) in [4.78, 5) is 5.25. The molecule has 3 nitrogen and oxygen atoms in total. The lowest BCUT2D eigenvalue weighted by Gasteiger charge is -2.39. The van der Waals surface area contributed by atoms with Crippen LogP contribution in [0.3, 0.4) is 0 Å². The molecule has 4 rings (SSSR count). The number of methoxy groups -OCH3 is 1. The monoisotopic (exact) mass is 400 g/mol. The van der Waals surface area contributed by atoms with Gasteiger partial charge in [-0.1, -0.05) is 72.8 Å². The fourth-order valence-corrected chi connectivity index (χ4v) is 4.41. The molecule has 0 saturated carbocycles. The molecule has 0 radical (unpaired) electrons. The molecule has 30 heavy (non-hydrogen) atoms. The van der Waals surface area contributed by atoms with E-state index in [0.717, 1.165) is 51.3 Å². The Balaban J connectivity index is 1.42. The third-order valence-electron chi connectivity index (χ3n) is 6.15. The van der Waals surface area contributed by atoms with Crippen molar-refractivity contribution >= 4 is 0 Å². The van der Waals surface area contributed by atoms with Crippen LogP contribution in [0.25, 0.3) is 0 Å². The van der Waals surface area contributed by atoms with E-state index < -0.39 is 0 Å². The van der Waals surface area contributed by atoms with E-state index in [2.05, 4.69) is 94.7 Å². The zero-order valence-electron chi connectivity index (χ0n) is 17.9. The van der Waals surface area contributed by atoms with Gasteiger partial charge < -0.3 is 4.74 Å². The van der Waals surface area contributed by atoms with Crippen LogP contribution in [0, 0.1) is 0 Å². The highest BCUT2D eigenvalue weighted by Crippen LogP contribution is 2.29. The van der Waals surface area contributed by atoms with Crippen molar-refractivity contribution in [1.82, 2.24) is 9.80 Å². The number of ether oxygens (including phenoxy) is 1. The van der Waals surface area contributed by atoms with Crippen molar-refractivity contribution in [2.24, 2.45) is 0 Å². The Bertz CT molecular complexity index is 872. The maximum Gasteiger partial charge on any atom is 0.118 e. The van der Waals surface area contributed by atoms with Crippen molar-refractivity contribution in [2.45, 2.75) is 25.4 Å². The van der Waals surface area contributed by atoms with Gasteiger partial charge in [0.1, 0.15) is 5.75 Å². The van der Waals surface area contributed by atoms with E-state index in [-0.39, 0.29) is 0 Å². The Kier molecular flexibility index (Phi) is 7.17. The molecule has 1 saturated heterocycles. The second kappa shape index (κ2) is 10.4. The predicted octanol–water partition coefficient (Wildman–Crippen LogP) is 5.19. The summed E-state index contributed by atoms with van der Waals surface area (Å²) in [7, 11) is 1.73.